The molecule has 23 heavy (non-hydrogen) atoms. The van der Waals surface area contributed by atoms with Crippen molar-refractivity contribution in [2.24, 2.45) is 7.05 Å². The molecule has 0 fully saturated rings. The number of carbonyl (C=O) groups is 1. The summed E-state index contributed by atoms with van der Waals surface area (Å²) in [4.78, 5) is 12.3. The molecule has 1 unspecified atom stereocenters. The van der Waals surface area contributed by atoms with E-state index in [1.54, 1.807) is 23.9 Å². The molecular formula is C13H15BrF3N5O. The van der Waals surface area contributed by atoms with Gasteiger partial charge in [0.2, 0.25) is 0 Å². The van der Waals surface area contributed by atoms with Gasteiger partial charge in [-0.15, -0.1) is 0 Å². The number of alkyl halides is 3. The van der Waals surface area contributed by atoms with Crippen LogP contribution >= 0.6 is 15.9 Å². The summed E-state index contributed by atoms with van der Waals surface area (Å²) in [6.07, 6.45) is -3.04. The monoisotopic (exact) mass is 393 g/mol. The van der Waals surface area contributed by atoms with Crippen LogP contribution in [-0.4, -0.2) is 25.5 Å². The number of amides is 1. The summed E-state index contributed by atoms with van der Waals surface area (Å²) in [5.74, 6) is -0.654. The minimum absolute atomic E-state index is 0.188. The maximum atomic E-state index is 12.8. The van der Waals surface area contributed by atoms with Crippen molar-refractivity contribution in [3.8, 4) is 0 Å². The molecule has 0 aliphatic rings. The number of nitrogens with one attached hydrogen (secondary N) is 1. The Balaban J connectivity index is 2.27. The lowest BCUT2D eigenvalue weighted by molar-refractivity contribution is -0.142. The van der Waals surface area contributed by atoms with E-state index < -0.39 is 23.8 Å². The van der Waals surface area contributed by atoms with E-state index in [9.17, 15) is 18.0 Å². The SMILES string of the molecule is CCn1nccc1C(C)NC(=O)c1c(Br)c(C(F)(F)F)nn1C. The van der Waals surface area contributed by atoms with E-state index in [1.165, 1.54) is 7.05 Å². The van der Waals surface area contributed by atoms with Crippen LogP contribution in [0.3, 0.4) is 0 Å². The van der Waals surface area contributed by atoms with E-state index in [2.05, 4.69) is 31.4 Å². The highest BCUT2D eigenvalue weighted by atomic mass is 79.9. The summed E-state index contributed by atoms with van der Waals surface area (Å²) >= 11 is 2.82. The number of rotatable bonds is 4. The largest absolute Gasteiger partial charge is 0.436 e. The van der Waals surface area contributed by atoms with Crippen molar-refractivity contribution in [3.63, 3.8) is 0 Å². The van der Waals surface area contributed by atoms with Crippen LogP contribution in [0, 0.1) is 0 Å². The smallest absolute Gasteiger partial charge is 0.343 e. The Bertz CT molecular complexity index is 722. The summed E-state index contributed by atoms with van der Waals surface area (Å²) in [5, 5.41) is 10.1. The Kier molecular flexibility index (Phi) is 4.83. The second kappa shape index (κ2) is 6.34. The Hall–Kier alpha value is -1.84. The van der Waals surface area contributed by atoms with Crippen molar-refractivity contribution in [2.45, 2.75) is 32.6 Å². The van der Waals surface area contributed by atoms with E-state index in [1.807, 2.05) is 6.92 Å². The average molecular weight is 394 g/mol. The molecule has 0 aromatic carbocycles. The van der Waals surface area contributed by atoms with Crippen LogP contribution < -0.4 is 5.32 Å². The predicted molar refractivity (Wildman–Crippen MR) is 79.7 cm³/mol. The fourth-order valence-corrected chi connectivity index (χ4v) is 2.98. The molecule has 2 aromatic heterocycles. The number of nitrogens with zero attached hydrogens (tertiary/aromatic N) is 4. The first kappa shape index (κ1) is 17.5. The number of aromatic nitrogens is 4. The van der Waals surface area contributed by atoms with E-state index >= 15 is 0 Å². The van der Waals surface area contributed by atoms with Crippen LogP contribution in [0.5, 0.6) is 0 Å². The van der Waals surface area contributed by atoms with Crippen LogP contribution in [0.15, 0.2) is 16.7 Å². The van der Waals surface area contributed by atoms with E-state index in [4.69, 9.17) is 0 Å². The lowest BCUT2D eigenvalue weighted by Gasteiger charge is -2.15. The van der Waals surface area contributed by atoms with Crippen LogP contribution in [0.4, 0.5) is 13.2 Å². The molecule has 126 valence electrons. The van der Waals surface area contributed by atoms with Gasteiger partial charge in [-0.3, -0.25) is 14.2 Å². The van der Waals surface area contributed by atoms with E-state index in [-0.39, 0.29) is 10.2 Å². The fraction of sp³-hybridized carbons (Fsp3) is 0.462. The summed E-state index contributed by atoms with van der Waals surface area (Å²) in [7, 11) is 1.29. The van der Waals surface area contributed by atoms with Gasteiger partial charge in [0.25, 0.3) is 5.91 Å². The molecule has 1 amide bonds. The van der Waals surface area contributed by atoms with E-state index in [0.717, 1.165) is 10.4 Å². The second-order valence-electron chi connectivity index (χ2n) is 4.90. The van der Waals surface area contributed by atoms with Gasteiger partial charge in [-0.05, 0) is 35.8 Å². The van der Waals surface area contributed by atoms with Crippen molar-refractivity contribution in [1.29, 1.82) is 0 Å². The molecule has 1 N–H and O–H groups in total. The van der Waals surface area contributed by atoms with Crippen LogP contribution in [-0.2, 0) is 19.8 Å². The van der Waals surface area contributed by atoms with Crippen LogP contribution in [0.2, 0.25) is 0 Å². The van der Waals surface area contributed by atoms with Gasteiger partial charge in [-0.25, -0.2) is 0 Å². The highest BCUT2D eigenvalue weighted by Crippen LogP contribution is 2.35. The molecule has 2 rings (SSSR count). The Morgan fingerprint density at radius 1 is 1.48 bits per heavy atom. The number of carbonyl (C=O) groups excluding carboxylic acids is 1. The Labute approximate surface area is 138 Å². The minimum atomic E-state index is -4.64. The molecule has 0 radical (unpaired) electrons. The zero-order valence-corrected chi connectivity index (χ0v) is 14.2. The zero-order chi connectivity index (χ0) is 17.4. The lowest BCUT2D eigenvalue weighted by atomic mass is 10.2. The van der Waals surface area contributed by atoms with Gasteiger partial charge in [0.05, 0.1) is 16.2 Å². The number of aryl methyl sites for hydroxylation is 2. The average Bonchev–Trinajstić information content (AvgIpc) is 3.02. The van der Waals surface area contributed by atoms with Gasteiger partial charge in [-0.1, -0.05) is 0 Å². The normalized spacial score (nSPS) is 13.2. The van der Waals surface area contributed by atoms with Gasteiger partial charge in [-0.2, -0.15) is 23.4 Å². The molecule has 0 aliphatic carbocycles. The van der Waals surface area contributed by atoms with Crippen LogP contribution in [0.1, 0.15) is 41.8 Å². The molecule has 1 atom stereocenters. The third-order valence-electron chi connectivity index (χ3n) is 3.31. The number of hydrogen-bond donors (Lipinski definition) is 1. The van der Waals surface area contributed by atoms with Crippen molar-refractivity contribution in [3.05, 3.63) is 33.8 Å². The zero-order valence-electron chi connectivity index (χ0n) is 12.6. The first-order valence-corrected chi connectivity index (χ1v) is 7.58. The molecule has 2 heterocycles. The molecule has 2 aromatic rings. The fourth-order valence-electron chi connectivity index (χ4n) is 2.24. The molecule has 0 saturated carbocycles. The third kappa shape index (κ3) is 3.41. The number of hydrogen-bond acceptors (Lipinski definition) is 3. The molecule has 0 saturated heterocycles. The molecule has 0 bridgehead atoms. The maximum Gasteiger partial charge on any atom is 0.436 e. The Morgan fingerprint density at radius 2 is 2.13 bits per heavy atom. The van der Waals surface area contributed by atoms with Gasteiger partial charge in [0, 0.05) is 19.8 Å². The molecule has 0 spiro atoms. The van der Waals surface area contributed by atoms with E-state index in [0.29, 0.717) is 6.54 Å². The summed E-state index contributed by atoms with van der Waals surface area (Å²) in [6, 6.07) is 1.33. The van der Waals surface area contributed by atoms with Crippen molar-refractivity contribution >= 4 is 21.8 Å². The maximum absolute atomic E-state index is 12.8. The van der Waals surface area contributed by atoms with Crippen molar-refractivity contribution < 1.29 is 18.0 Å². The summed E-state index contributed by atoms with van der Waals surface area (Å²) < 4.78 is 40.8. The molecule has 10 heteroatoms. The van der Waals surface area contributed by atoms with Crippen molar-refractivity contribution in [1.82, 2.24) is 24.9 Å². The summed E-state index contributed by atoms with van der Waals surface area (Å²) in [5.41, 5.74) is -0.557. The van der Waals surface area contributed by atoms with Crippen LogP contribution in [0.25, 0.3) is 0 Å². The quantitative estimate of drug-likeness (QED) is 0.868. The lowest BCUT2D eigenvalue weighted by Crippen LogP contribution is -2.30. The Morgan fingerprint density at radius 3 is 2.65 bits per heavy atom. The minimum Gasteiger partial charge on any atom is -0.343 e. The van der Waals surface area contributed by atoms with Gasteiger partial charge < -0.3 is 5.32 Å². The second-order valence-corrected chi connectivity index (χ2v) is 5.69. The standard InChI is InChI=1S/C13H15BrF3N5O/c1-4-22-8(5-6-18-22)7(2)19-12(23)10-9(14)11(13(15,16)17)20-21(10)3/h5-7H,4H2,1-3H3,(H,19,23). The van der Waals surface area contributed by atoms with Gasteiger partial charge >= 0.3 is 6.18 Å². The summed E-state index contributed by atoms with van der Waals surface area (Å²) in [6.45, 7) is 4.25. The highest BCUT2D eigenvalue weighted by molar-refractivity contribution is 9.10. The van der Waals surface area contributed by atoms with Gasteiger partial charge in [0.1, 0.15) is 5.69 Å². The topological polar surface area (TPSA) is 64.7 Å². The van der Waals surface area contributed by atoms with Gasteiger partial charge in [0.15, 0.2) is 5.69 Å². The first-order valence-electron chi connectivity index (χ1n) is 6.79. The number of halogens is 4. The molecule has 0 aliphatic heterocycles. The predicted octanol–water partition coefficient (Wildman–Crippen LogP) is 2.91. The third-order valence-corrected chi connectivity index (χ3v) is 4.06. The highest BCUT2D eigenvalue weighted by Gasteiger charge is 2.39. The first-order chi connectivity index (χ1) is 10.7. The molecule has 6 nitrogen and oxygen atoms in total. The molecular weight excluding hydrogens is 379 g/mol. The van der Waals surface area contributed by atoms with Crippen molar-refractivity contribution in [2.75, 3.05) is 0 Å².